The molecule has 0 saturated heterocycles. The number of aryl methyl sites for hydroxylation is 1. The number of hydrogen-bond donors (Lipinski definition) is 1. The SMILES string of the molecule is CCOc1cccn2c(C(=O)C[C@@H](CCO)c3ccccc3Cl)c(C)nc12. The molecule has 0 radical (unpaired) electrons. The number of aromatic nitrogens is 2. The molecule has 0 unspecified atom stereocenters. The van der Waals surface area contributed by atoms with E-state index in [4.69, 9.17) is 16.3 Å². The van der Waals surface area contributed by atoms with Crippen LogP contribution in [-0.2, 0) is 0 Å². The van der Waals surface area contributed by atoms with Gasteiger partial charge in [-0.3, -0.25) is 9.20 Å². The zero-order valence-electron chi connectivity index (χ0n) is 15.5. The third-order valence-corrected chi connectivity index (χ3v) is 4.95. The van der Waals surface area contributed by atoms with Crippen molar-refractivity contribution in [1.82, 2.24) is 9.38 Å². The lowest BCUT2D eigenvalue weighted by Crippen LogP contribution is -2.12. The Labute approximate surface area is 163 Å². The number of ether oxygens (including phenoxy) is 1. The molecule has 1 atom stereocenters. The van der Waals surface area contributed by atoms with Crippen molar-refractivity contribution in [2.24, 2.45) is 0 Å². The fourth-order valence-corrected chi connectivity index (χ4v) is 3.70. The Balaban J connectivity index is 1.96. The smallest absolute Gasteiger partial charge is 0.182 e. The Hall–Kier alpha value is -2.37. The van der Waals surface area contributed by atoms with Gasteiger partial charge in [-0.2, -0.15) is 0 Å². The van der Waals surface area contributed by atoms with Crippen LogP contribution < -0.4 is 4.74 Å². The van der Waals surface area contributed by atoms with E-state index in [1.165, 1.54) is 0 Å². The molecule has 2 aromatic heterocycles. The summed E-state index contributed by atoms with van der Waals surface area (Å²) in [5.74, 6) is 0.461. The molecule has 0 aliphatic heterocycles. The number of halogens is 1. The van der Waals surface area contributed by atoms with Crippen molar-refractivity contribution in [2.75, 3.05) is 13.2 Å². The number of benzene rings is 1. The van der Waals surface area contributed by atoms with Gasteiger partial charge in [-0.15, -0.1) is 0 Å². The first-order valence-corrected chi connectivity index (χ1v) is 9.43. The van der Waals surface area contributed by atoms with Crippen LogP contribution in [0.4, 0.5) is 0 Å². The molecule has 3 aromatic rings. The Bertz CT molecular complexity index is 952. The van der Waals surface area contributed by atoms with E-state index >= 15 is 0 Å². The lowest BCUT2D eigenvalue weighted by atomic mass is 9.90. The van der Waals surface area contributed by atoms with Gasteiger partial charge in [0.1, 0.15) is 5.69 Å². The van der Waals surface area contributed by atoms with Gasteiger partial charge >= 0.3 is 0 Å². The van der Waals surface area contributed by atoms with Crippen LogP contribution in [0.3, 0.4) is 0 Å². The van der Waals surface area contributed by atoms with Gasteiger partial charge in [-0.1, -0.05) is 29.8 Å². The maximum Gasteiger partial charge on any atom is 0.182 e. The molecule has 5 nitrogen and oxygen atoms in total. The summed E-state index contributed by atoms with van der Waals surface area (Å²) in [4.78, 5) is 17.7. The third kappa shape index (κ3) is 3.99. The minimum absolute atomic E-state index is 0.0101. The van der Waals surface area contributed by atoms with Gasteiger partial charge in [0.15, 0.2) is 17.2 Å². The van der Waals surface area contributed by atoms with Crippen molar-refractivity contribution in [1.29, 1.82) is 0 Å². The number of aliphatic hydroxyl groups is 1. The van der Waals surface area contributed by atoms with E-state index in [0.29, 0.717) is 40.8 Å². The van der Waals surface area contributed by atoms with Crippen LogP contribution in [0.25, 0.3) is 5.65 Å². The van der Waals surface area contributed by atoms with Gasteiger partial charge in [0.25, 0.3) is 0 Å². The topological polar surface area (TPSA) is 63.8 Å². The van der Waals surface area contributed by atoms with E-state index in [9.17, 15) is 9.90 Å². The fourth-order valence-electron chi connectivity index (χ4n) is 3.41. The highest BCUT2D eigenvalue weighted by Gasteiger charge is 2.24. The summed E-state index contributed by atoms with van der Waals surface area (Å²) < 4.78 is 7.41. The highest BCUT2D eigenvalue weighted by atomic mass is 35.5. The number of carbonyl (C=O) groups is 1. The number of imidazole rings is 1. The number of carbonyl (C=O) groups excluding carboxylic acids is 1. The fraction of sp³-hybridized carbons (Fsp3) is 0.333. The van der Waals surface area contributed by atoms with E-state index in [1.807, 2.05) is 50.4 Å². The second-order valence-corrected chi connectivity index (χ2v) is 6.81. The molecule has 1 N–H and O–H groups in total. The summed E-state index contributed by atoms with van der Waals surface area (Å²) in [6.45, 7) is 4.25. The van der Waals surface area contributed by atoms with Gasteiger partial charge in [-0.25, -0.2) is 4.98 Å². The summed E-state index contributed by atoms with van der Waals surface area (Å²) in [6.07, 6.45) is 2.54. The molecule has 6 heteroatoms. The van der Waals surface area contributed by atoms with Crippen LogP contribution in [0.1, 0.15) is 47.4 Å². The Morgan fingerprint density at radius 1 is 1.30 bits per heavy atom. The van der Waals surface area contributed by atoms with Crippen LogP contribution >= 0.6 is 11.6 Å². The monoisotopic (exact) mass is 386 g/mol. The zero-order valence-corrected chi connectivity index (χ0v) is 16.2. The third-order valence-electron chi connectivity index (χ3n) is 4.61. The average Bonchev–Trinajstić information content (AvgIpc) is 2.99. The molecule has 0 saturated carbocycles. The molecule has 142 valence electrons. The molecule has 0 spiro atoms. The first kappa shape index (κ1) is 19.4. The quantitative estimate of drug-likeness (QED) is 0.581. The molecule has 0 bridgehead atoms. The van der Waals surface area contributed by atoms with Gasteiger partial charge in [-0.05, 0) is 49.9 Å². The number of Topliss-reactive ketones (excluding diaryl/α,β-unsaturated/α-hetero) is 1. The number of aliphatic hydroxyl groups excluding tert-OH is 1. The number of ketones is 1. The lowest BCUT2D eigenvalue weighted by molar-refractivity contribution is 0.0963. The predicted molar refractivity (Wildman–Crippen MR) is 106 cm³/mol. The van der Waals surface area contributed by atoms with Gasteiger partial charge in [0, 0.05) is 24.2 Å². The highest BCUT2D eigenvalue weighted by molar-refractivity contribution is 6.31. The van der Waals surface area contributed by atoms with E-state index < -0.39 is 0 Å². The molecule has 0 aliphatic carbocycles. The second-order valence-electron chi connectivity index (χ2n) is 6.40. The van der Waals surface area contributed by atoms with E-state index in [-0.39, 0.29) is 24.7 Å². The van der Waals surface area contributed by atoms with Crippen molar-refractivity contribution in [3.63, 3.8) is 0 Å². The van der Waals surface area contributed by atoms with Crippen LogP contribution in [0.15, 0.2) is 42.6 Å². The van der Waals surface area contributed by atoms with Crippen LogP contribution in [-0.4, -0.2) is 33.5 Å². The number of fused-ring (bicyclic) bond motifs is 1. The summed E-state index contributed by atoms with van der Waals surface area (Å²) in [7, 11) is 0. The van der Waals surface area contributed by atoms with Crippen molar-refractivity contribution in [2.45, 2.75) is 32.6 Å². The average molecular weight is 387 g/mol. The van der Waals surface area contributed by atoms with Crippen LogP contribution in [0.5, 0.6) is 5.75 Å². The molecule has 27 heavy (non-hydrogen) atoms. The lowest BCUT2D eigenvalue weighted by Gasteiger charge is -2.17. The van der Waals surface area contributed by atoms with Crippen molar-refractivity contribution in [3.8, 4) is 5.75 Å². The van der Waals surface area contributed by atoms with Gasteiger partial charge < -0.3 is 9.84 Å². The molecule has 0 fully saturated rings. The minimum atomic E-state index is -0.156. The maximum atomic E-state index is 13.2. The molecule has 2 heterocycles. The van der Waals surface area contributed by atoms with Crippen molar-refractivity contribution >= 4 is 23.0 Å². The number of rotatable bonds is 8. The highest BCUT2D eigenvalue weighted by Crippen LogP contribution is 2.32. The first-order valence-electron chi connectivity index (χ1n) is 9.05. The summed E-state index contributed by atoms with van der Waals surface area (Å²) in [5, 5.41) is 10.1. The second kappa shape index (κ2) is 8.55. The number of pyridine rings is 1. The molecular weight excluding hydrogens is 364 g/mol. The van der Waals surface area contributed by atoms with E-state index in [1.54, 1.807) is 10.5 Å². The summed E-state index contributed by atoms with van der Waals surface area (Å²) in [6, 6.07) is 11.1. The molecule has 1 aromatic carbocycles. The normalized spacial score (nSPS) is 12.3. The van der Waals surface area contributed by atoms with Crippen molar-refractivity contribution in [3.05, 3.63) is 64.6 Å². The Morgan fingerprint density at radius 3 is 2.78 bits per heavy atom. The largest absolute Gasteiger partial charge is 0.490 e. The number of hydrogen-bond acceptors (Lipinski definition) is 4. The standard InChI is InChI=1S/C21H23ClN2O3/c1-3-27-19-9-6-11-24-20(14(2)23-21(19)24)18(26)13-15(10-12-25)16-7-4-5-8-17(16)22/h4-9,11,15,25H,3,10,12-13H2,1-2H3/t15-/m1/s1. The molecule has 0 amide bonds. The van der Waals surface area contributed by atoms with Gasteiger partial charge in [0.05, 0.1) is 12.3 Å². The van der Waals surface area contributed by atoms with Crippen LogP contribution in [0.2, 0.25) is 5.02 Å². The molecule has 3 rings (SSSR count). The summed E-state index contributed by atoms with van der Waals surface area (Å²) >= 11 is 6.32. The predicted octanol–water partition coefficient (Wildman–Crippen LogP) is 4.43. The first-order chi connectivity index (χ1) is 13.1. The Kier molecular flexibility index (Phi) is 6.14. The van der Waals surface area contributed by atoms with Crippen molar-refractivity contribution < 1.29 is 14.6 Å². The number of nitrogens with zero attached hydrogens (tertiary/aromatic N) is 2. The van der Waals surface area contributed by atoms with E-state index in [0.717, 1.165) is 5.56 Å². The summed E-state index contributed by atoms with van der Waals surface area (Å²) in [5.41, 5.74) is 2.72. The molecule has 0 aliphatic rings. The maximum absolute atomic E-state index is 13.2. The minimum Gasteiger partial charge on any atom is -0.490 e. The van der Waals surface area contributed by atoms with E-state index in [2.05, 4.69) is 4.98 Å². The molecular formula is C21H23ClN2O3. The Morgan fingerprint density at radius 2 is 2.07 bits per heavy atom. The van der Waals surface area contributed by atoms with Crippen LogP contribution in [0, 0.1) is 6.92 Å². The van der Waals surface area contributed by atoms with Gasteiger partial charge in [0.2, 0.25) is 0 Å². The zero-order chi connectivity index (χ0) is 19.4.